The van der Waals surface area contributed by atoms with Crippen LogP contribution in [0.3, 0.4) is 0 Å². The third kappa shape index (κ3) is 8.24. The molecule has 16 heteroatoms. The molecule has 0 fully saturated rings. The quantitative estimate of drug-likeness (QED) is 0.189. The number of sulfonamides is 1. The van der Waals surface area contributed by atoms with Gasteiger partial charge in [0.1, 0.15) is 5.75 Å². The Balaban J connectivity index is 1.53. The van der Waals surface area contributed by atoms with Crippen LogP contribution in [-0.4, -0.2) is 65.3 Å². The number of halogens is 3. The van der Waals surface area contributed by atoms with Gasteiger partial charge in [-0.25, -0.2) is 8.42 Å². The van der Waals surface area contributed by atoms with Gasteiger partial charge in [0.15, 0.2) is 11.0 Å². The fourth-order valence-electron chi connectivity index (χ4n) is 4.34. The zero-order chi connectivity index (χ0) is 33.5. The molecule has 46 heavy (non-hydrogen) atoms. The third-order valence-corrected chi connectivity index (χ3v) is 9.70. The first-order chi connectivity index (χ1) is 21.9. The van der Waals surface area contributed by atoms with Crippen molar-refractivity contribution in [2.45, 2.75) is 36.6 Å². The zero-order valence-electron chi connectivity index (χ0n) is 25.0. The Kier molecular flexibility index (Phi) is 11.1. The number of ether oxygens (including phenoxy) is 1. The molecule has 11 nitrogen and oxygen atoms in total. The Morgan fingerprint density at radius 2 is 1.65 bits per heavy atom. The Morgan fingerprint density at radius 3 is 2.26 bits per heavy atom. The Labute approximate surface area is 268 Å². The van der Waals surface area contributed by atoms with Crippen molar-refractivity contribution in [2.24, 2.45) is 0 Å². The first kappa shape index (κ1) is 34.5. The van der Waals surface area contributed by atoms with Gasteiger partial charge in [0, 0.05) is 24.3 Å². The molecule has 0 bridgehead atoms. The molecule has 0 radical (unpaired) electrons. The van der Waals surface area contributed by atoms with Gasteiger partial charge in [-0.15, -0.1) is 10.2 Å². The number of anilines is 1. The van der Waals surface area contributed by atoms with Gasteiger partial charge < -0.3 is 15.4 Å². The number of rotatable bonds is 13. The van der Waals surface area contributed by atoms with E-state index in [1.807, 2.05) is 0 Å². The van der Waals surface area contributed by atoms with Crippen molar-refractivity contribution in [2.75, 3.05) is 31.3 Å². The van der Waals surface area contributed by atoms with Crippen LogP contribution in [0.15, 0.2) is 82.8 Å². The average Bonchev–Trinajstić information content (AvgIpc) is 3.46. The monoisotopic (exact) mass is 676 g/mol. The topological polar surface area (TPSA) is 136 Å². The molecule has 0 aliphatic heterocycles. The van der Waals surface area contributed by atoms with Crippen LogP contribution in [0.25, 0.3) is 5.69 Å². The van der Waals surface area contributed by atoms with Gasteiger partial charge in [0.2, 0.25) is 15.9 Å². The summed E-state index contributed by atoms with van der Waals surface area (Å²) in [5.41, 5.74) is -0.143. The van der Waals surface area contributed by atoms with E-state index < -0.39 is 33.6 Å². The molecule has 2 N–H and O–H groups in total. The highest BCUT2D eigenvalue weighted by Crippen LogP contribution is 2.32. The molecular formula is C30H31F3N6O5S2. The summed E-state index contributed by atoms with van der Waals surface area (Å²) in [6.07, 6.45) is -4.62. The predicted molar refractivity (Wildman–Crippen MR) is 166 cm³/mol. The lowest BCUT2D eigenvalue weighted by molar-refractivity contribution is -0.137. The summed E-state index contributed by atoms with van der Waals surface area (Å²) in [7, 11) is -2.20. The lowest BCUT2D eigenvalue weighted by Gasteiger charge is -2.18. The summed E-state index contributed by atoms with van der Waals surface area (Å²) >= 11 is 0.949. The van der Waals surface area contributed by atoms with E-state index in [0.29, 0.717) is 24.5 Å². The van der Waals surface area contributed by atoms with Crippen LogP contribution in [-0.2, 0) is 27.5 Å². The second-order valence-electron chi connectivity index (χ2n) is 9.64. The zero-order valence-corrected chi connectivity index (χ0v) is 26.7. The van der Waals surface area contributed by atoms with Gasteiger partial charge in [0.25, 0.3) is 5.91 Å². The highest BCUT2D eigenvalue weighted by Gasteiger charge is 2.31. The van der Waals surface area contributed by atoms with Crippen LogP contribution in [0, 0.1) is 0 Å². The summed E-state index contributed by atoms with van der Waals surface area (Å²) < 4.78 is 73.9. The van der Waals surface area contributed by atoms with E-state index in [0.717, 1.165) is 23.9 Å². The van der Waals surface area contributed by atoms with Crippen molar-refractivity contribution in [1.29, 1.82) is 0 Å². The average molecular weight is 677 g/mol. The molecule has 244 valence electrons. The van der Waals surface area contributed by atoms with E-state index in [1.54, 1.807) is 38.1 Å². The third-order valence-electron chi connectivity index (χ3n) is 6.70. The van der Waals surface area contributed by atoms with E-state index in [-0.39, 0.29) is 39.4 Å². The molecule has 0 saturated carbocycles. The highest BCUT2D eigenvalue weighted by atomic mass is 32.2. The lowest BCUT2D eigenvalue weighted by Crippen LogP contribution is -2.30. The van der Waals surface area contributed by atoms with Gasteiger partial charge in [-0.1, -0.05) is 31.7 Å². The van der Waals surface area contributed by atoms with Crippen LogP contribution in [0.5, 0.6) is 5.75 Å². The Hall–Kier alpha value is -4.41. The number of nitrogens with zero attached hydrogens (tertiary/aromatic N) is 4. The van der Waals surface area contributed by atoms with Crippen molar-refractivity contribution in [1.82, 2.24) is 24.4 Å². The number of methoxy groups -OCH3 is 1. The van der Waals surface area contributed by atoms with Gasteiger partial charge in [-0.2, -0.15) is 17.5 Å². The summed E-state index contributed by atoms with van der Waals surface area (Å²) in [6, 6.07) is 16.6. The van der Waals surface area contributed by atoms with E-state index in [1.165, 1.54) is 52.4 Å². The highest BCUT2D eigenvalue weighted by molar-refractivity contribution is 7.99. The minimum absolute atomic E-state index is 0.0368. The second kappa shape index (κ2) is 14.8. The molecule has 3 aromatic carbocycles. The molecule has 0 aliphatic rings. The van der Waals surface area contributed by atoms with Crippen LogP contribution in [0.4, 0.5) is 18.9 Å². The van der Waals surface area contributed by atoms with E-state index in [9.17, 15) is 31.2 Å². The minimum Gasteiger partial charge on any atom is -0.497 e. The lowest BCUT2D eigenvalue weighted by atomic mass is 10.2. The molecule has 4 rings (SSSR count). The molecule has 0 atom stereocenters. The van der Waals surface area contributed by atoms with Crippen molar-refractivity contribution >= 4 is 39.3 Å². The number of amides is 2. The Bertz CT molecular complexity index is 1780. The molecule has 0 aliphatic carbocycles. The number of carbonyl (C=O) groups excluding carboxylic acids is 2. The largest absolute Gasteiger partial charge is 0.497 e. The van der Waals surface area contributed by atoms with E-state index in [2.05, 4.69) is 20.8 Å². The number of alkyl halides is 3. The summed E-state index contributed by atoms with van der Waals surface area (Å²) in [5.74, 6) is -0.389. The number of aromatic nitrogens is 3. The van der Waals surface area contributed by atoms with Crippen LogP contribution < -0.4 is 15.4 Å². The van der Waals surface area contributed by atoms with E-state index >= 15 is 0 Å². The molecule has 1 aromatic heterocycles. The second-order valence-corrected chi connectivity index (χ2v) is 12.5. The maximum Gasteiger partial charge on any atom is 0.416 e. The summed E-state index contributed by atoms with van der Waals surface area (Å²) in [5, 5.41) is 13.7. The van der Waals surface area contributed by atoms with Gasteiger partial charge in [0.05, 0.1) is 35.6 Å². The smallest absolute Gasteiger partial charge is 0.416 e. The molecule has 0 spiro atoms. The van der Waals surface area contributed by atoms with Crippen LogP contribution >= 0.6 is 11.8 Å². The first-order valence-corrected chi connectivity index (χ1v) is 16.4. The summed E-state index contributed by atoms with van der Waals surface area (Å²) in [4.78, 5) is 25.6. The minimum atomic E-state index is -4.62. The van der Waals surface area contributed by atoms with Gasteiger partial charge >= 0.3 is 6.18 Å². The fraction of sp³-hybridized carbons (Fsp3) is 0.267. The molecule has 0 unspecified atom stereocenters. The Morgan fingerprint density at radius 1 is 0.978 bits per heavy atom. The van der Waals surface area contributed by atoms with Crippen molar-refractivity contribution in [3.63, 3.8) is 0 Å². The predicted octanol–water partition coefficient (Wildman–Crippen LogP) is 4.99. The maximum absolute atomic E-state index is 13.5. The van der Waals surface area contributed by atoms with Crippen molar-refractivity contribution < 1.29 is 35.9 Å². The van der Waals surface area contributed by atoms with Crippen LogP contribution in [0.2, 0.25) is 0 Å². The molecular weight excluding hydrogens is 645 g/mol. The maximum atomic E-state index is 13.5. The fourth-order valence-corrected chi connectivity index (χ4v) is 6.57. The number of hydrogen-bond acceptors (Lipinski definition) is 8. The number of nitrogens with one attached hydrogen (secondary N) is 2. The molecule has 4 aromatic rings. The SMILES string of the molecule is CCN(CC)S(=O)(=O)c1ccc(C(=O)NCc2nnc(SCC(=O)Nc3ccc(OC)cc3)n2-c2cccc(C(F)(F)F)c2)cc1. The molecule has 1 heterocycles. The van der Waals surface area contributed by atoms with E-state index in [4.69, 9.17) is 4.74 Å². The van der Waals surface area contributed by atoms with Crippen molar-refractivity contribution in [3.8, 4) is 11.4 Å². The number of hydrogen-bond donors (Lipinski definition) is 2. The first-order valence-electron chi connectivity index (χ1n) is 13.9. The summed E-state index contributed by atoms with van der Waals surface area (Å²) in [6.45, 7) is 3.80. The number of benzene rings is 3. The normalized spacial score (nSPS) is 11.8. The number of thioether (sulfide) groups is 1. The van der Waals surface area contributed by atoms with Gasteiger partial charge in [-0.3, -0.25) is 14.2 Å². The van der Waals surface area contributed by atoms with Gasteiger partial charge in [-0.05, 0) is 66.7 Å². The van der Waals surface area contributed by atoms with Crippen LogP contribution in [0.1, 0.15) is 35.6 Å². The van der Waals surface area contributed by atoms with Crippen molar-refractivity contribution in [3.05, 3.63) is 89.7 Å². The molecule has 0 saturated heterocycles. The standard InChI is InChI=1S/C30H31F3N6O5S2/c1-4-38(5-2)46(42,43)25-15-9-20(10-16-25)28(41)34-18-26-36-37-29(39(26)23-8-6-7-21(17-23)30(31,32)33)45-19-27(40)35-22-11-13-24(44-3)14-12-22/h6-17H,4-5,18-19H2,1-3H3,(H,34,41)(H,35,40). The number of carbonyl (C=O) groups is 2. The molecule has 2 amide bonds.